The molecule has 1 heterocycles. The van der Waals surface area contributed by atoms with Crippen molar-refractivity contribution in [2.24, 2.45) is 0 Å². The molecule has 0 aliphatic carbocycles. The third kappa shape index (κ3) is 2.53. The van der Waals surface area contributed by atoms with Crippen molar-refractivity contribution >= 4 is 11.6 Å². The third-order valence-electron chi connectivity index (χ3n) is 2.70. The number of benzene rings is 1. The van der Waals surface area contributed by atoms with Crippen molar-refractivity contribution in [3.63, 3.8) is 0 Å². The minimum absolute atomic E-state index is 0.248. The maximum Gasteiger partial charge on any atom is 0.255 e. The minimum atomic E-state index is -0.343. The van der Waals surface area contributed by atoms with Gasteiger partial charge in [0.15, 0.2) is 0 Å². The van der Waals surface area contributed by atoms with Crippen molar-refractivity contribution in [3.8, 4) is 0 Å². The SMILES string of the molecule is Cc1cnccc1NC(=O)c1ccc(F)cc1C. The van der Waals surface area contributed by atoms with Crippen LogP contribution in [-0.2, 0) is 0 Å². The van der Waals surface area contributed by atoms with Crippen LogP contribution in [-0.4, -0.2) is 10.9 Å². The molecule has 2 rings (SSSR count). The predicted molar refractivity (Wildman–Crippen MR) is 68.1 cm³/mol. The van der Waals surface area contributed by atoms with Crippen LogP contribution in [0.1, 0.15) is 21.5 Å². The van der Waals surface area contributed by atoms with Crippen LogP contribution in [0.2, 0.25) is 0 Å². The minimum Gasteiger partial charge on any atom is -0.322 e. The lowest BCUT2D eigenvalue weighted by Crippen LogP contribution is -2.14. The van der Waals surface area contributed by atoms with Gasteiger partial charge in [-0.15, -0.1) is 0 Å². The summed E-state index contributed by atoms with van der Waals surface area (Å²) in [5, 5.41) is 2.79. The molecule has 2 aromatic rings. The second-order valence-corrected chi connectivity index (χ2v) is 4.10. The molecule has 0 aliphatic rings. The Labute approximate surface area is 105 Å². The van der Waals surface area contributed by atoms with Crippen molar-refractivity contribution < 1.29 is 9.18 Å². The Morgan fingerprint density at radius 1 is 1.22 bits per heavy atom. The van der Waals surface area contributed by atoms with Gasteiger partial charge in [-0.3, -0.25) is 9.78 Å². The fourth-order valence-corrected chi connectivity index (χ4v) is 1.69. The van der Waals surface area contributed by atoms with Gasteiger partial charge in [-0.05, 0) is 49.2 Å². The number of aryl methyl sites for hydroxylation is 2. The molecule has 1 aromatic heterocycles. The fraction of sp³-hybridized carbons (Fsp3) is 0.143. The Hall–Kier alpha value is -2.23. The van der Waals surface area contributed by atoms with Crippen LogP contribution in [0.15, 0.2) is 36.7 Å². The zero-order valence-electron chi connectivity index (χ0n) is 10.2. The maximum atomic E-state index is 13.0. The number of hydrogen-bond donors (Lipinski definition) is 1. The molecule has 0 spiro atoms. The normalized spacial score (nSPS) is 10.2. The van der Waals surface area contributed by atoms with E-state index in [1.54, 1.807) is 25.4 Å². The Bertz CT molecular complexity index is 596. The van der Waals surface area contributed by atoms with E-state index >= 15 is 0 Å². The van der Waals surface area contributed by atoms with Gasteiger partial charge in [-0.2, -0.15) is 0 Å². The van der Waals surface area contributed by atoms with E-state index in [1.807, 2.05) is 6.92 Å². The van der Waals surface area contributed by atoms with Gasteiger partial charge >= 0.3 is 0 Å². The largest absolute Gasteiger partial charge is 0.322 e. The van der Waals surface area contributed by atoms with Crippen molar-refractivity contribution in [1.82, 2.24) is 4.98 Å². The Morgan fingerprint density at radius 3 is 2.67 bits per heavy atom. The van der Waals surface area contributed by atoms with E-state index < -0.39 is 0 Å². The van der Waals surface area contributed by atoms with Gasteiger partial charge in [-0.25, -0.2) is 4.39 Å². The smallest absolute Gasteiger partial charge is 0.255 e. The number of carbonyl (C=O) groups excluding carboxylic acids is 1. The molecule has 1 amide bonds. The van der Waals surface area contributed by atoms with Crippen molar-refractivity contribution in [1.29, 1.82) is 0 Å². The Balaban J connectivity index is 2.25. The number of halogens is 1. The van der Waals surface area contributed by atoms with Gasteiger partial charge in [0.1, 0.15) is 5.82 Å². The number of amides is 1. The molecular weight excluding hydrogens is 231 g/mol. The van der Waals surface area contributed by atoms with Gasteiger partial charge in [0, 0.05) is 23.6 Å². The zero-order valence-corrected chi connectivity index (χ0v) is 10.2. The number of hydrogen-bond acceptors (Lipinski definition) is 2. The standard InChI is InChI=1S/C14H13FN2O/c1-9-7-11(15)3-4-12(9)14(18)17-13-5-6-16-8-10(13)2/h3-8H,1-2H3,(H,16,17,18). The van der Waals surface area contributed by atoms with Crippen LogP contribution < -0.4 is 5.32 Å². The Kier molecular flexibility index (Phi) is 3.37. The second kappa shape index (κ2) is 4.96. The van der Waals surface area contributed by atoms with E-state index in [-0.39, 0.29) is 11.7 Å². The third-order valence-corrected chi connectivity index (χ3v) is 2.70. The molecule has 4 heteroatoms. The van der Waals surface area contributed by atoms with Crippen molar-refractivity contribution in [3.05, 3.63) is 59.2 Å². The van der Waals surface area contributed by atoms with Crippen LogP contribution in [0, 0.1) is 19.7 Å². The number of nitrogens with one attached hydrogen (secondary N) is 1. The summed E-state index contributed by atoms with van der Waals surface area (Å²) in [6.07, 6.45) is 3.28. The lowest BCUT2D eigenvalue weighted by molar-refractivity contribution is 0.102. The van der Waals surface area contributed by atoms with E-state index in [9.17, 15) is 9.18 Å². The van der Waals surface area contributed by atoms with E-state index in [2.05, 4.69) is 10.3 Å². The lowest BCUT2D eigenvalue weighted by Gasteiger charge is -2.09. The average molecular weight is 244 g/mol. The summed E-state index contributed by atoms with van der Waals surface area (Å²) in [5.74, 6) is -0.592. The first kappa shape index (κ1) is 12.2. The number of anilines is 1. The molecule has 3 nitrogen and oxygen atoms in total. The van der Waals surface area contributed by atoms with Gasteiger partial charge in [0.2, 0.25) is 0 Å². The highest BCUT2D eigenvalue weighted by atomic mass is 19.1. The van der Waals surface area contributed by atoms with E-state index in [0.29, 0.717) is 16.8 Å². The summed E-state index contributed by atoms with van der Waals surface area (Å²) in [6, 6.07) is 5.83. The van der Waals surface area contributed by atoms with E-state index in [4.69, 9.17) is 0 Å². The number of pyridine rings is 1. The van der Waals surface area contributed by atoms with Gasteiger partial charge in [-0.1, -0.05) is 0 Å². The highest BCUT2D eigenvalue weighted by Gasteiger charge is 2.10. The number of nitrogens with zero attached hydrogens (tertiary/aromatic N) is 1. The molecule has 1 aromatic carbocycles. The number of aromatic nitrogens is 1. The van der Waals surface area contributed by atoms with E-state index in [1.165, 1.54) is 18.2 Å². The van der Waals surface area contributed by atoms with Gasteiger partial charge in [0.05, 0.1) is 0 Å². The quantitative estimate of drug-likeness (QED) is 0.882. The van der Waals surface area contributed by atoms with Crippen LogP contribution in [0.25, 0.3) is 0 Å². The molecular formula is C14H13FN2O. The van der Waals surface area contributed by atoms with Gasteiger partial charge < -0.3 is 5.32 Å². The van der Waals surface area contributed by atoms with Crippen LogP contribution >= 0.6 is 0 Å². The zero-order chi connectivity index (χ0) is 13.1. The molecule has 92 valence electrons. The predicted octanol–water partition coefficient (Wildman–Crippen LogP) is 3.09. The highest BCUT2D eigenvalue weighted by Crippen LogP contribution is 2.16. The molecule has 0 radical (unpaired) electrons. The first-order valence-corrected chi connectivity index (χ1v) is 5.56. The van der Waals surface area contributed by atoms with Crippen molar-refractivity contribution in [2.45, 2.75) is 13.8 Å². The summed E-state index contributed by atoms with van der Waals surface area (Å²) in [4.78, 5) is 16.0. The molecule has 0 aliphatic heterocycles. The first-order chi connectivity index (χ1) is 8.58. The monoisotopic (exact) mass is 244 g/mol. The Morgan fingerprint density at radius 2 is 2.00 bits per heavy atom. The molecule has 1 N–H and O–H groups in total. The summed E-state index contributed by atoms with van der Waals surface area (Å²) in [5.41, 5.74) is 2.66. The summed E-state index contributed by atoms with van der Waals surface area (Å²) in [7, 11) is 0. The first-order valence-electron chi connectivity index (χ1n) is 5.56. The topological polar surface area (TPSA) is 42.0 Å². The average Bonchev–Trinajstić information content (AvgIpc) is 2.32. The van der Waals surface area contributed by atoms with Crippen LogP contribution in [0.3, 0.4) is 0 Å². The number of carbonyl (C=O) groups is 1. The van der Waals surface area contributed by atoms with Crippen LogP contribution in [0.5, 0.6) is 0 Å². The van der Waals surface area contributed by atoms with Gasteiger partial charge in [0.25, 0.3) is 5.91 Å². The maximum absolute atomic E-state index is 13.0. The molecule has 0 saturated carbocycles. The molecule has 0 atom stereocenters. The molecule has 18 heavy (non-hydrogen) atoms. The second-order valence-electron chi connectivity index (χ2n) is 4.10. The fourth-order valence-electron chi connectivity index (χ4n) is 1.69. The summed E-state index contributed by atoms with van der Waals surface area (Å²) < 4.78 is 13.0. The molecule has 0 unspecified atom stereocenters. The molecule has 0 saturated heterocycles. The lowest BCUT2D eigenvalue weighted by atomic mass is 10.1. The molecule has 0 fully saturated rings. The number of rotatable bonds is 2. The summed E-state index contributed by atoms with van der Waals surface area (Å²) in [6.45, 7) is 3.57. The molecule has 0 bridgehead atoms. The van der Waals surface area contributed by atoms with Crippen LogP contribution in [0.4, 0.5) is 10.1 Å². The summed E-state index contributed by atoms with van der Waals surface area (Å²) >= 11 is 0. The van der Waals surface area contributed by atoms with E-state index in [0.717, 1.165) is 5.56 Å². The van der Waals surface area contributed by atoms with Crippen molar-refractivity contribution in [2.75, 3.05) is 5.32 Å². The highest BCUT2D eigenvalue weighted by molar-refractivity contribution is 6.05.